The van der Waals surface area contributed by atoms with Crippen molar-refractivity contribution in [1.29, 1.82) is 0 Å². The minimum absolute atomic E-state index is 0.0786. The lowest BCUT2D eigenvalue weighted by atomic mass is 10.1. The highest BCUT2D eigenvalue weighted by Gasteiger charge is 2.09. The van der Waals surface area contributed by atoms with Gasteiger partial charge in [-0.25, -0.2) is 0 Å². The van der Waals surface area contributed by atoms with E-state index in [1.165, 1.54) is 0 Å². The van der Waals surface area contributed by atoms with Gasteiger partial charge in [0.1, 0.15) is 0 Å². The van der Waals surface area contributed by atoms with Crippen LogP contribution in [0.25, 0.3) is 0 Å². The first-order valence-electron chi connectivity index (χ1n) is 5.05. The summed E-state index contributed by atoms with van der Waals surface area (Å²) in [7, 11) is 1.64. The molecule has 84 valence electrons. The first kappa shape index (κ1) is 13.4. The third-order valence-corrected chi connectivity index (χ3v) is 2.04. The van der Waals surface area contributed by atoms with Gasteiger partial charge in [0.05, 0.1) is 0 Å². The molecule has 0 rings (SSSR count). The molecule has 1 amide bonds. The average Bonchev–Trinajstić information content (AvgIpc) is 2.14. The number of methoxy groups -OCH3 is 1. The quantitative estimate of drug-likeness (QED) is 0.627. The molecule has 0 aromatic carbocycles. The molecule has 2 atom stereocenters. The fraction of sp³-hybridized carbons (Fsp3) is 0.900. The molecule has 4 heteroatoms. The van der Waals surface area contributed by atoms with Crippen LogP contribution in [0.2, 0.25) is 0 Å². The molecule has 0 aromatic heterocycles. The van der Waals surface area contributed by atoms with Crippen LogP contribution < -0.4 is 11.1 Å². The molecule has 2 unspecified atom stereocenters. The first-order chi connectivity index (χ1) is 6.60. The summed E-state index contributed by atoms with van der Waals surface area (Å²) >= 11 is 0. The van der Waals surface area contributed by atoms with Crippen LogP contribution in [0.1, 0.15) is 20.3 Å². The molecule has 0 aliphatic heterocycles. The maximum absolute atomic E-state index is 11.3. The summed E-state index contributed by atoms with van der Waals surface area (Å²) in [6.07, 6.45) is 0.519. The number of carbonyl (C=O) groups is 1. The number of rotatable bonds is 7. The Morgan fingerprint density at radius 3 is 2.57 bits per heavy atom. The van der Waals surface area contributed by atoms with Gasteiger partial charge in [0, 0.05) is 26.7 Å². The van der Waals surface area contributed by atoms with Crippen LogP contribution in [0.3, 0.4) is 0 Å². The summed E-state index contributed by atoms with van der Waals surface area (Å²) in [5, 5.41) is 2.85. The van der Waals surface area contributed by atoms with Gasteiger partial charge >= 0.3 is 0 Å². The number of amides is 1. The molecular formula is C10H22N2O2. The second-order valence-corrected chi connectivity index (χ2v) is 3.91. The highest BCUT2D eigenvalue weighted by molar-refractivity contribution is 5.76. The molecule has 0 aromatic rings. The van der Waals surface area contributed by atoms with E-state index in [9.17, 15) is 4.79 Å². The standard InChI is InChI=1S/C10H22N2O2/c1-8(7-14-3)4-10(13)12-6-9(2)5-11/h8-9H,4-7,11H2,1-3H3,(H,12,13). The van der Waals surface area contributed by atoms with Gasteiger partial charge in [0.25, 0.3) is 0 Å². The van der Waals surface area contributed by atoms with Crippen molar-refractivity contribution in [3.63, 3.8) is 0 Å². The van der Waals surface area contributed by atoms with Gasteiger partial charge in [0.15, 0.2) is 0 Å². The Balaban J connectivity index is 3.54. The molecule has 0 saturated heterocycles. The van der Waals surface area contributed by atoms with E-state index in [1.54, 1.807) is 7.11 Å². The summed E-state index contributed by atoms with van der Waals surface area (Å²) in [6, 6.07) is 0. The van der Waals surface area contributed by atoms with Gasteiger partial charge in [0.2, 0.25) is 5.91 Å². The van der Waals surface area contributed by atoms with Gasteiger partial charge in [-0.05, 0) is 18.4 Å². The number of carbonyl (C=O) groups excluding carboxylic acids is 1. The maximum atomic E-state index is 11.3. The van der Waals surface area contributed by atoms with Crippen LogP contribution in [0.15, 0.2) is 0 Å². The van der Waals surface area contributed by atoms with Gasteiger partial charge in [-0.1, -0.05) is 13.8 Å². The molecule has 0 spiro atoms. The highest BCUT2D eigenvalue weighted by atomic mass is 16.5. The topological polar surface area (TPSA) is 64.3 Å². The monoisotopic (exact) mass is 202 g/mol. The third kappa shape index (κ3) is 6.86. The molecule has 0 heterocycles. The van der Waals surface area contributed by atoms with E-state index in [-0.39, 0.29) is 11.8 Å². The van der Waals surface area contributed by atoms with Gasteiger partial charge in [-0.2, -0.15) is 0 Å². The van der Waals surface area contributed by atoms with Crippen LogP contribution in [0, 0.1) is 11.8 Å². The Kier molecular flexibility index (Phi) is 7.42. The van der Waals surface area contributed by atoms with Crippen molar-refractivity contribution >= 4 is 5.91 Å². The van der Waals surface area contributed by atoms with Crippen molar-refractivity contribution < 1.29 is 9.53 Å². The molecule has 0 bridgehead atoms. The first-order valence-corrected chi connectivity index (χ1v) is 5.05. The van der Waals surface area contributed by atoms with E-state index in [1.807, 2.05) is 13.8 Å². The lowest BCUT2D eigenvalue weighted by Gasteiger charge is -2.12. The SMILES string of the molecule is COCC(C)CC(=O)NCC(C)CN. The second-order valence-electron chi connectivity index (χ2n) is 3.91. The Bertz CT molecular complexity index is 162. The van der Waals surface area contributed by atoms with E-state index in [4.69, 9.17) is 10.5 Å². The normalized spacial score (nSPS) is 14.9. The van der Waals surface area contributed by atoms with Crippen molar-refractivity contribution in [2.24, 2.45) is 17.6 Å². The Morgan fingerprint density at radius 2 is 2.07 bits per heavy atom. The molecule has 3 N–H and O–H groups in total. The van der Waals surface area contributed by atoms with E-state index in [2.05, 4.69) is 5.32 Å². The molecule has 0 saturated carbocycles. The zero-order chi connectivity index (χ0) is 11.0. The van der Waals surface area contributed by atoms with Gasteiger partial charge < -0.3 is 15.8 Å². The Morgan fingerprint density at radius 1 is 1.43 bits per heavy atom. The maximum Gasteiger partial charge on any atom is 0.220 e. The lowest BCUT2D eigenvalue weighted by molar-refractivity contribution is -0.122. The number of hydrogen-bond donors (Lipinski definition) is 2. The summed E-state index contributed by atoms with van der Waals surface area (Å²) < 4.78 is 4.95. The minimum Gasteiger partial charge on any atom is -0.384 e. The molecule has 0 aliphatic rings. The van der Waals surface area contributed by atoms with Crippen LogP contribution in [-0.2, 0) is 9.53 Å². The number of hydrogen-bond acceptors (Lipinski definition) is 3. The molecule has 0 fully saturated rings. The average molecular weight is 202 g/mol. The van der Waals surface area contributed by atoms with E-state index in [0.29, 0.717) is 32.0 Å². The fourth-order valence-corrected chi connectivity index (χ4v) is 1.10. The van der Waals surface area contributed by atoms with Crippen molar-refractivity contribution in [3.8, 4) is 0 Å². The van der Waals surface area contributed by atoms with Crippen LogP contribution >= 0.6 is 0 Å². The van der Waals surface area contributed by atoms with Gasteiger partial charge in [-0.15, -0.1) is 0 Å². The van der Waals surface area contributed by atoms with Crippen molar-refractivity contribution in [1.82, 2.24) is 5.32 Å². The fourth-order valence-electron chi connectivity index (χ4n) is 1.10. The predicted molar refractivity (Wildman–Crippen MR) is 56.9 cm³/mol. The van der Waals surface area contributed by atoms with Crippen LogP contribution in [0.4, 0.5) is 0 Å². The zero-order valence-corrected chi connectivity index (χ0v) is 9.38. The lowest BCUT2D eigenvalue weighted by Crippen LogP contribution is -2.32. The minimum atomic E-state index is 0.0786. The number of nitrogens with two attached hydrogens (primary N) is 1. The van der Waals surface area contributed by atoms with Crippen LogP contribution in [0.5, 0.6) is 0 Å². The summed E-state index contributed by atoms with van der Waals surface area (Å²) in [5.41, 5.74) is 5.44. The Hall–Kier alpha value is -0.610. The van der Waals surface area contributed by atoms with Crippen molar-refractivity contribution in [3.05, 3.63) is 0 Å². The molecular weight excluding hydrogens is 180 g/mol. The van der Waals surface area contributed by atoms with Crippen molar-refractivity contribution in [2.75, 3.05) is 26.8 Å². The summed E-state index contributed by atoms with van der Waals surface area (Å²) in [4.78, 5) is 11.3. The largest absolute Gasteiger partial charge is 0.384 e. The molecule has 0 aliphatic carbocycles. The number of nitrogens with one attached hydrogen (secondary N) is 1. The third-order valence-electron chi connectivity index (χ3n) is 2.04. The molecule has 0 radical (unpaired) electrons. The smallest absolute Gasteiger partial charge is 0.220 e. The second kappa shape index (κ2) is 7.76. The highest BCUT2D eigenvalue weighted by Crippen LogP contribution is 2.01. The van der Waals surface area contributed by atoms with E-state index in [0.717, 1.165) is 0 Å². The summed E-state index contributed by atoms with van der Waals surface area (Å²) in [5.74, 6) is 0.694. The number of ether oxygens (including phenoxy) is 1. The predicted octanol–water partition coefficient (Wildman–Crippen LogP) is 0.370. The summed E-state index contributed by atoms with van der Waals surface area (Å²) in [6.45, 7) is 5.90. The van der Waals surface area contributed by atoms with E-state index >= 15 is 0 Å². The zero-order valence-electron chi connectivity index (χ0n) is 9.38. The molecule has 4 nitrogen and oxygen atoms in total. The van der Waals surface area contributed by atoms with Gasteiger partial charge in [-0.3, -0.25) is 4.79 Å². The molecule has 14 heavy (non-hydrogen) atoms. The Labute approximate surface area is 86.2 Å². The van der Waals surface area contributed by atoms with E-state index < -0.39 is 0 Å². The van der Waals surface area contributed by atoms with Crippen LogP contribution in [-0.4, -0.2) is 32.7 Å². The van der Waals surface area contributed by atoms with Crippen molar-refractivity contribution in [2.45, 2.75) is 20.3 Å².